The molecule has 0 spiro atoms. The van der Waals surface area contributed by atoms with Gasteiger partial charge in [0.1, 0.15) is 11.5 Å². The molecule has 2 rings (SSSR count). The van der Waals surface area contributed by atoms with Crippen LogP contribution in [0.4, 0.5) is 11.4 Å². The summed E-state index contributed by atoms with van der Waals surface area (Å²) in [6.45, 7) is 12.0. The van der Waals surface area contributed by atoms with Gasteiger partial charge >= 0.3 is 0 Å². The fourth-order valence-corrected chi connectivity index (χ4v) is 2.82. The number of nitrogens with one attached hydrogen (secondary N) is 1. The first-order chi connectivity index (χ1) is 12.0. The number of hydrogen-bond donors (Lipinski definition) is 1. The van der Waals surface area contributed by atoms with E-state index in [9.17, 15) is 4.79 Å². The largest absolute Gasteiger partial charge is 0.492 e. The number of benzene rings is 1. The average molecular weight is 350 g/mol. The van der Waals surface area contributed by atoms with Gasteiger partial charge in [0, 0.05) is 31.6 Å². The highest BCUT2D eigenvalue weighted by Crippen LogP contribution is 2.39. The Balaban J connectivity index is 2.33. The van der Waals surface area contributed by atoms with Gasteiger partial charge in [0.15, 0.2) is 0 Å². The average Bonchev–Trinajstić information content (AvgIpc) is 2.57. The minimum absolute atomic E-state index is 0.0162. The molecule has 0 aliphatic carbocycles. The molecule has 0 radical (unpaired) electrons. The molecule has 6 nitrogen and oxygen atoms in total. The Hall–Kier alpha value is -1.95. The summed E-state index contributed by atoms with van der Waals surface area (Å²) in [4.78, 5) is 14.4. The summed E-state index contributed by atoms with van der Waals surface area (Å²) < 4.78 is 17.1. The van der Waals surface area contributed by atoms with Crippen LogP contribution < -0.4 is 19.7 Å². The Morgan fingerprint density at radius 3 is 2.40 bits per heavy atom. The van der Waals surface area contributed by atoms with Crippen LogP contribution in [0.2, 0.25) is 0 Å². The topological polar surface area (TPSA) is 60.0 Å². The van der Waals surface area contributed by atoms with E-state index in [4.69, 9.17) is 14.2 Å². The molecule has 0 saturated carbocycles. The van der Waals surface area contributed by atoms with Gasteiger partial charge in [-0.25, -0.2) is 0 Å². The zero-order valence-electron chi connectivity index (χ0n) is 15.8. The molecule has 1 aromatic rings. The Morgan fingerprint density at radius 2 is 1.80 bits per heavy atom. The van der Waals surface area contributed by atoms with Crippen molar-refractivity contribution in [3.63, 3.8) is 0 Å². The van der Waals surface area contributed by atoms with E-state index < -0.39 is 0 Å². The van der Waals surface area contributed by atoms with Gasteiger partial charge in [0.05, 0.1) is 37.8 Å². The van der Waals surface area contributed by atoms with E-state index in [0.717, 1.165) is 24.5 Å². The summed E-state index contributed by atoms with van der Waals surface area (Å²) in [6.07, 6.45) is 0.473. The second kappa shape index (κ2) is 9.51. The molecule has 140 valence electrons. The normalized spacial score (nSPS) is 14.5. The van der Waals surface area contributed by atoms with Crippen LogP contribution in [0.3, 0.4) is 0 Å². The Kier molecular flexibility index (Phi) is 7.37. The zero-order valence-corrected chi connectivity index (χ0v) is 15.8. The van der Waals surface area contributed by atoms with Crippen LogP contribution >= 0.6 is 0 Å². The minimum atomic E-state index is -0.0162. The van der Waals surface area contributed by atoms with Crippen molar-refractivity contribution in [2.24, 2.45) is 5.92 Å². The van der Waals surface area contributed by atoms with Crippen molar-refractivity contribution in [1.29, 1.82) is 0 Å². The molecule has 0 aromatic heterocycles. The molecule has 1 saturated heterocycles. The predicted molar refractivity (Wildman–Crippen MR) is 99.9 cm³/mol. The summed E-state index contributed by atoms with van der Waals surface area (Å²) in [5.41, 5.74) is 1.64. The Morgan fingerprint density at radius 1 is 1.16 bits per heavy atom. The van der Waals surface area contributed by atoms with E-state index in [0.29, 0.717) is 50.2 Å². The van der Waals surface area contributed by atoms with Gasteiger partial charge in [0.2, 0.25) is 5.91 Å². The molecule has 1 heterocycles. The van der Waals surface area contributed by atoms with Gasteiger partial charge in [0.25, 0.3) is 0 Å². The number of ether oxygens (including phenoxy) is 3. The van der Waals surface area contributed by atoms with E-state index in [1.807, 2.05) is 39.8 Å². The molecule has 1 aliphatic rings. The molecule has 0 unspecified atom stereocenters. The number of nitrogens with zero attached hydrogens (tertiary/aromatic N) is 1. The standard InChI is InChI=1S/C19H30N2O4/c1-5-24-17-13-16(21-7-9-23-10-8-21)18(25-6-2)12-15(17)20-19(22)11-14(3)4/h12-14H,5-11H2,1-4H3,(H,20,22). The van der Waals surface area contributed by atoms with Gasteiger partial charge in [-0.2, -0.15) is 0 Å². The van der Waals surface area contributed by atoms with E-state index in [-0.39, 0.29) is 5.91 Å². The maximum Gasteiger partial charge on any atom is 0.224 e. The monoisotopic (exact) mass is 350 g/mol. The van der Waals surface area contributed by atoms with Crippen LogP contribution in [0.5, 0.6) is 11.5 Å². The number of hydrogen-bond acceptors (Lipinski definition) is 5. The number of carbonyl (C=O) groups excluding carboxylic acids is 1. The van der Waals surface area contributed by atoms with Crippen LogP contribution in [0.1, 0.15) is 34.1 Å². The van der Waals surface area contributed by atoms with Crippen molar-refractivity contribution in [1.82, 2.24) is 0 Å². The molecule has 1 aliphatic heterocycles. The highest BCUT2D eigenvalue weighted by molar-refractivity contribution is 5.93. The molecular weight excluding hydrogens is 320 g/mol. The fourth-order valence-electron chi connectivity index (χ4n) is 2.82. The molecular formula is C19H30N2O4. The second-order valence-corrected chi connectivity index (χ2v) is 6.43. The quantitative estimate of drug-likeness (QED) is 0.779. The smallest absolute Gasteiger partial charge is 0.224 e. The van der Waals surface area contributed by atoms with E-state index in [1.54, 1.807) is 0 Å². The second-order valence-electron chi connectivity index (χ2n) is 6.43. The number of carbonyl (C=O) groups is 1. The molecule has 25 heavy (non-hydrogen) atoms. The van der Waals surface area contributed by atoms with Crippen LogP contribution in [0.15, 0.2) is 12.1 Å². The number of morpholine rings is 1. The Bertz CT molecular complexity index is 569. The lowest BCUT2D eigenvalue weighted by molar-refractivity contribution is -0.116. The highest BCUT2D eigenvalue weighted by atomic mass is 16.5. The number of anilines is 2. The van der Waals surface area contributed by atoms with Crippen LogP contribution in [0.25, 0.3) is 0 Å². The summed E-state index contributed by atoms with van der Waals surface area (Å²) in [6, 6.07) is 3.84. The molecule has 0 bridgehead atoms. The van der Waals surface area contributed by atoms with Crippen molar-refractivity contribution >= 4 is 17.3 Å². The predicted octanol–water partition coefficient (Wildman–Crippen LogP) is 3.31. The van der Waals surface area contributed by atoms with Gasteiger partial charge < -0.3 is 24.4 Å². The van der Waals surface area contributed by atoms with Gasteiger partial charge in [-0.1, -0.05) is 13.8 Å². The SMILES string of the molecule is CCOc1cc(N2CCOCC2)c(OCC)cc1NC(=O)CC(C)C. The Labute approximate surface area is 150 Å². The molecule has 6 heteroatoms. The van der Waals surface area contributed by atoms with Crippen molar-refractivity contribution in [3.8, 4) is 11.5 Å². The van der Waals surface area contributed by atoms with Crippen LogP contribution in [-0.4, -0.2) is 45.4 Å². The van der Waals surface area contributed by atoms with E-state index in [2.05, 4.69) is 10.2 Å². The fraction of sp³-hybridized carbons (Fsp3) is 0.632. The molecule has 1 aromatic carbocycles. The lowest BCUT2D eigenvalue weighted by atomic mass is 10.1. The van der Waals surface area contributed by atoms with Crippen molar-refractivity contribution < 1.29 is 19.0 Å². The van der Waals surface area contributed by atoms with Crippen molar-refractivity contribution in [2.45, 2.75) is 34.1 Å². The van der Waals surface area contributed by atoms with Crippen molar-refractivity contribution in [3.05, 3.63) is 12.1 Å². The lowest BCUT2D eigenvalue weighted by Crippen LogP contribution is -2.36. The maximum atomic E-state index is 12.2. The molecule has 0 atom stereocenters. The molecule has 1 amide bonds. The van der Waals surface area contributed by atoms with Crippen LogP contribution in [0, 0.1) is 5.92 Å². The van der Waals surface area contributed by atoms with Crippen molar-refractivity contribution in [2.75, 3.05) is 49.7 Å². The third-order valence-corrected chi connectivity index (χ3v) is 3.88. The highest BCUT2D eigenvalue weighted by Gasteiger charge is 2.20. The third kappa shape index (κ3) is 5.53. The van der Waals surface area contributed by atoms with E-state index in [1.165, 1.54) is 0 Å². The summed E-state index contributed by atoms with van der Waals surface area (Å²) in [7, 11) is 0. The number of rotatable bonds is 8. The van der Waals surface area contributed by atoms with Gasteiger partial charge in [-0.3, -0.25) is 4.79 Å². The summed E-state index contributed by atoms with van der Waals surface area (Å²) in [5, 5.41) is 2.97. The van der Waals surface area contributed by atoms with Gasteiger partial charge in [-0.15, -0.1) is 0 Å². The number of amides is 1. The minimum Gasteiger partial charge on any atom is -0.492 e. The maximum absolute atomic E-state index is 12.2. The summed E-state index contributed by atoms with van der Waals surface area (Å²) in [5.74, 6) is 1.71. The zero-order chi connectivity index (χ0) is 18.2. The third-order valence-electron chi connectivity index (χ3n) is 3.88. The first-order valence-electron chi connectivity index (χ1n) is 9.11. The van der Waals surface area contributed by atoms with Crippen LogP contribution in [-0.2, 0) is 9.53 Å². The summed E-state index contributed by atoms with van der Waals surface area (Å²) >= 11 is 0. The van der Waals surface area contributed by atoms with Gasteiger partial charge in [-0.05, 0) is 19.8 Å². The first kappa shape index (κ1) is 19.4. The first-order valence-corrected chi connectivity index (χ1v) is 9.11. The molecule has 1 fully saturated rings. The van der Waals surface area contributed by atoms with E-state index >= 15 is 0 Å². The lowest BCUT2D eigenvalue weighted by Gasteiger charge is -2.31. The molecule has 1 N–H and O–H groups in total.